The molecule has 3 rings (SSSR count). The second kappa shape index (κ2) is 10.6. The highest BCUT2D eigenvalue weighted by Crippen LogP contribution is 2.25. The molecule has 2 aliphatic heterocycles. The van der Waals surface area contributed by atoms with Crippen LogP contribution in [0.2, 0.25) is 0 Å². The SMILES string of the molecule is CN=C(NCC(C)(C)N1CCc2ccccc2C1)N1CCCC(CC(N)=O)C1.I. The van der Waals surface area contributed by atoms with Gasteiger partial charge in [-0.15, -0.1) is 24.0 Å². The fraction of sp³-hybridized carbons (Fsp3) is 0.636. The number of carbonyl (C=O) groups is 1. The average molecular weight is 513 g/mol. The Balaban J connectivity index is 0.00000300. The molecule has 0 aliphatic carbocycles. The summed E-state index contributed by atoms with van der Waals surface area (Å²) in [5.41, 5.74) is 8.34. The highest BCUT2D eigenvalue weighted by Gasteiger charge is 2.31. The van der Waals surface area contributed by atoms with Gasteiger partial charge in [-0.25, -0.2) is 0 Å². The third-order valence-electron chi connectivity index (χ3n) is 6.19. The molecule has 1 amide bonds. The number of guanidine groups is 1. The molecule has 1 saturated heterocycles. The van der Waals surface area contributed by atoms with Gasteiger partial charge in [-0.2, -0.15) is 0 Å². The van der Waals surface area contributed by atoms with Gasteiger partial charge in [0.15, 0.2) is 5.96 Å². The number of nitrogens with two attached hydrogens (primary N) is 1. The molecule has 162 valence electrons. The van der Waals surface area contributed by atoms with E-state index in [0.29, 0.717) is 12.3 Å². The highest BCUT2D eigenvalue weighted by atomic mass is 127. The van der Waals surface area contributed by atoms with E-state index in [4.69, 9.17) is 5.73 Å². The number of nitrogens with zero attached hydrogens (tertiary/aromatic N) is 3. The van der Waals surface area contributed by atoms with Gasteiger partial charge in [0.2, 0.25) is 5.91 Å². The number of likely N-dealkylation sites (tertiary alicyclic amines) is 1. The largest absolute Gasteiger partial charge is 0.370 e. The number of hydrogen-bond donors (Lipinski definition) is 2. The van der Waals surface area contributed by atoms with Crippen molar-refractivity contribution in [3.63, 3.8) is 0 Å². The minimum atomic E-state index is -0.207. The second-order valence-corrected chi connectivity index (χ2v) is 8.78. The fourth-order valence-electron chi connectivity index (χ4n) is 4.46. The lowest BCUT2D eigenvalue weighted by Crippen LogP contribution is -2.56. The van der Waals surface area contributed by atoms with Crippen LogP contribution in [0.4, 0.5) is 0 Å². The van der Waals surface area contributed by atoms with Crippen molar-refractivity contribution in [1.82, 2.24) is 15.1 Å². The van der Waals surface area contributed by atoms with E-state index in [-0.39, 0.29) is 35.4 Å². The molecule has 1 aromatic rings. The number of halogens is 1. The van der Waals surface area contributed by atoms with Crippen LogP contribution in [-0.2, 0) is 17.8 Å². The van der Waals surface area contributed by atoms with E-state index in [2.05, 4.69) is 58.2 Å². The van der Waals surface area contributed by atoms with Gasteiger partial charge in [0.1, 0.15) is 0 Å². The maximum Gasteiger partial charge on any atom is 0.217 e. The van der Waals surface area contributed by atoms with Crippen molar-refractivity contribution in [2.24, 2.45) is 16.6 Å². The summed E-state index contributed by atoms with van der Waals surface area (Å²) in [5, 5.41) is 3.59. The first kappa shape index (κ1) is 23.9. The van der Waals surface area contributed by atoms with Crippen LogP contribution in [0, 0.1) is 5.92 Å². The first-order valence-corrected chi connectivity index (χ1v) is 10.4. The topological polar surface area (TPSA) is 74.0 Å². The third-order valence-corrected chi connectivity index (χ3v) is 6.19. The number of rotatable bonds is 5. The quantitative estimate of drug-likeness (QED) is 0.361. The molecule has 1 atom stereocenters. The van der Waals surface area contributed by atoms with Gasteiger partial charge in [-0.05, 0) is 50.2 Å². The van der Waals surface area contributed by atoms with E-state index in [1.54, 1.807) is 0 Å². The van der Waals surface area contributed by atoms with Gasteiger partial charge in [-0.3, -0.25) is 14.7 Å². The van der Waals surface area contributed by atoms with E-state index < -0.39 is 0 Å². The van der Waals surface area contributed by atoms with Gasteiger partial charge < -0.3 is 16.0 Å². The molecule has 2 heterocycles. The fourth-order valence-corrected chi connectivity index (χ4v) is 4.46. The lowest BCUT2D eigenvalue weighted by atomic mass is 9.94. The molecule has 1 aromatic carbocycles. The van der Waals surface area contributed by atoms with E-state index in [9.17, 15) is 4.79 Å². The summed E-state index contributed by atoms with van der Waals surface area (Å²) in [4.78, 5) is 20.6. The molecule has 2 aliphatic rings. The van der Waals surface area contributed by atoms with Gasteiger partial charge in [0.25, 0.3) is 0 Å². The summed E-state index contributed by atoms with van der Waals surface area (Å²) < 4.78 is 0. The summed E-state index contributed by atoms with van der Waals surface area (Å²) in [7, 11) is 1.84. The number of amides is 1. The number of piperidine rings is 1. The average Bonchev–Trinajstić information content (AvgIpc) is 2.68. The molecule has 0 saturated carbocycles. The standard InChI is InChI=1S/C22H35N5O.HI/c1-22(2,27-12-10-18-8-4-5-9-19(18)15-27)16-25-21(24-3)26-11-6-7-17(14-26)13-20(23)28;/h4-5,8-9,17H,6-7,10-16H2,1-3H3,(H2,23,28)(H,24,25);1H. The molecule has 0 radical (unpaired) electrons. The zero-order chi connectivity index (χ0) is 20.1. The molecule has 0 bridgehead atoms. The maximum absolute atomic E-state index is 11.3. The van der Waals surface area contributed by atoms with Crippen LogP contribution < -0.4 is 11.1 Å². The number of aliphatic imine (C=N–C) groups is 1. The smallest absolute Gasteiger partial charge is 0.217 e. The first-order valence-electron chi connectivity index (χ1n) is 10.4. The summed E-state index contributed by atoms with van der Waals surface area (Å²) >= 11 is 0. The number of hydrogen-bond acceptors (Lipinski definition) is 3. The Hall–Kier alpha value is -1.35. The molecular formula is C22H36IN5O. The van der Waals surface area contributed by atoms with Crippen molar-refractivity contribution in [1.29, 1.82) is 0 Å². The second-order valence-electron chi connectivity index (χ2n) is 8.78. The summed E-state index contributed by atoms with van der Waals surface area (Å²) in [5.74, 6) is 1.05. The van der Waals surface area contributed by atoms with Gasteiger partial charge >= 0.3 is 0 Å². The molecule has 7 heteroatoms. The normalized spacial score (nSPS) is 20.6. The van der Waals surface area contributed by atoms with Crippen LogP contribution in [0.25, 0.3) is 0 Å². The van der Waals surface area contributed by atoms with Crippen molar-refractivity contribution < 1.29 is 4.79 Å². The molecular weight excluding hydrogens is 477 g/mol. The van der Waals surface area contributed by atoms with Crippen LogP contribution in [0.5, 0.6) is 0 Å². The predicted octanol–water partition coefficient (Wildman–Crippen LogP) is 2.60. The molecule has 6 nitrogen and oxygen atoms in total. The molecule has 0 aromatic heterocycles. The molecule has 29 heavy (non-hydrogen) atoms. The molecule has 1 fully saturated rings. The minimum absolute atomic E-state index is 0. The number of benzene rings is 1. The monoisotopic (exact) mass is 513 g/mol. The van der Waals surface area contributed by atoms with Crippen molar-refractivity contribution >= 4 is 35.8 Å². The van der Waals surface area contributed by atoms with Gasteiger partial charge in [0, 0.05) is 51.7 Å². The Morgan fingerprint density at radius 2 is 2.00 bits per heavy atom. The van der Waals surface area contributed by atoms with Crippen molar-refractivity contribution in [3.05, 3.63) is 35.4 Å². The van der Waals surface area contributed by atoms with E-state index in [1.807, 2.05) is 7.05 Å². The summed E-state index contributed by atoms with van der Waals surface area (Å²) in [6, 6.07) is 8.76. The maximum atomic E-state index is 11.3. The Morgan fingerprint density at radius 3 is 2.69 bits per heavy atom. The highest BCUT2D eigenvalue weighted by molar-refractivity contribution is 14.0. The van der Waals surface area contributed by atoms with Crippen LogP contribution in [0.15, 0.2) is 29.3 Å². The van der Waals surface area contributed by atoms with Crippen molar-refractivity contribution in [2.45, 2.75) is 51.6 Å². The van der Waals surface area contributed by atoms with Crippen LogP contribution in [-0.4, -0.2) is 60.4 Å². The zero-order valence-electron chi connectivity index (χ0n) is 18.0. The van der Waals surface area contributed by atoms with Crippen LogP contribution in [0.3, 0.4) is 0 Å². The number of fused-ring (bicyclic) bond motifs is 1. The summed E-state index contributed by atoms with van der Waals surface area (Å²) in [6.45, 7) is 9.33. The van der Waals surface area contributed by atoms with E-state index in [0.717, 1.165) is 57.9 Å². The predicted molar refractivity (Wildman–Crippen MR) is 130 cm³/mol. The zero-order valence-corrected chi connectivity index (χ0v) is 20.3. The Bertz CT molecular complexity index is 721. The molecule has 0 spiro atoms. The number of carbonyl (C=O) groups excluding carboxylic acids is 1. The Kier molecular flexibility index (Phi) is 8.75. The van der Waals surface area contributed by atoms with E-state index >= 15 is 0 Å². The minimum Gasteiger partial charge on any atom is -0.370 e. The molecule has 3 N–H and O–H groups in total. The van der Waals surface area contributed by atoms with Crippen LogP contribution in [0.1, 0.15) is 44.2 Å². The molecule has 1 unspecified atom stereocenters. The van der Waals surface area contributed by atoms with E-state index in [1.165, 1.54) is 11.1 Å². The number of nitrogens with one attached hydrogen (secondary N) is 1. The van der Waals surface area contributed by atoms with Gasteiger partial charge in [-0.1, -0.05) is 24.3 Å². The third kappa shape index (κ3) is 6.31. The lowest BCUT2D eigenvalue weighted by molar-refractivity contribution is -0.119. The Morgan fingerprint density at radius 1 is 1.28 bits per heavy atom. The summed E-state index contributed by atoms with van der Waals surface area (Å²) in [6.07, 6.45) is 3.71. The van der Waals surface area contributed by atoms with Crippen molar-refractivity contribution in [3.8, 4) is 0 Å². The number of primary amides is 1. The van der Waals surface area contributed by atoms with Crippen LogP contribution >= 0.6 is 24.0 Å². The lowest BCUT2D eigenvalue weighted by Gasteiger charge is -2.43. The first-order chi connectivity index (χ1) is 13.4. The van der Waals surface area contributed by atoms with Gasteiger partial charge in [0.05, 0.1) is 0 Å². The van der Waals surface area contributed by atoms with Crippen molar-refractivity contribution in [2.75, 3.05) is 33.2 Å². The Labute approximate surface area is 192 Å².